The molecule has 3 rings (SSSR count). The first-order valence-electron chi connectivity index (χ1n) is 9.78. The van der Waals surface area contributed by atoms with Crippen LogP contribution in [-0.4, -0.2) is 96.6 Å². The van der Waals surface area contributed by atoms with E-state index in [1.807, 2.05) is 4.90 Å². The Morgan fingerprint density at radius 1 is 0.920 bits per heavy atom. The predicted octanol–water partition coefficient (Wildman–Crippen LogP) is 0.0693. The number of carboxylic acids is 1. The third-order valence-corrected chi connectivity index (χ3v) is 6.02. The molecule has 7 heteroatoms. The summed E-state index contributed by atoms with van der Waals surface area (Å²) in [6, 6.07) is 0.548. The van der Waals surface area contributed by atoms with E-state index in [9.17, 15) is 9.59 Å². The van der Waals surface area contributed by atoms with Crippen LogP contribution in [0.15, 0.2) is 0 Å². The number of hydrogen-bond acceptors (Lipinski definition) is 5. The standard InChI is InChI=1S/C18H32N4O3/c23-17(13-15-1-5-19-6-2-15)22-11-9-21(10-12-22)16-3-7-20(8-4-16)14-18(24)25/h15-16,19H,1-14H2,(H,24,25). The summed E-state index contributed by atoms with van der Waals surface area (Å²) < 4.78 is 0. The summed E-state index contributed by atoms with van der Waals surface area (Å²) in [5.41, 5.74) is 0. The zero-order valence-corrected chi connectivity index (χ0v) is 15.2. The smallest absolute Gasteiger partial charge is 0.317 e. The Morgan fingerprint density at radius 2 is 1.56 bits per heavy atom. The average molecular weight is 352 g/mol. The molecule has 0 aromatic carbocycles. The van der Waals surface area contributed by atoms with Crippen LogP contribution in [-0.2, 0) is 9.59 Å². The van der Waals surface area contributed by atoms with Gasteiger partial charge in [-0.1, -0.05) is 0 Å². The topological polar surface area (TPSA) is 76.1 Å². The number of amides is 1. The molecule has 0 radical (unpaired) electrons. The van der Waals surface area contributed by atoms with Crippen molar-refractivity contribution >= 4 is 11.9 Å². The molecule has 25 heavy (non-hydrogen) atoms. The number of carboxylic acid groups (broad SMARTS) is 1. The van der Waals surface area contributed by atoms with Crippen molar-refractivity contribution in [3.8, 4) is 0 Å². The zero-order chi connectivity index (χ0) is 17.6. The lowest BCUT2D eigenvalue weighted by Gasteiger charge is -2.42. The van der Waals surface area contributed by atoms with Gasteiger partial charge in [0.25, 0.3) is 0 Å². The monoisotopic (exact) mass is 352 g/mol. The van der Waals surface area contributed by atoms with Gasteiger partial charge in [0, 0.05) is 51.7 Å². The molecule has 1 amide bonds. The van der Waals surface area contributed by atoms with Crippen molar-refractivity contribution in [1.82, 2.24) is 20.0 Å². The van der Waals surface area contributed by atoms with E-state index < -0.39 is 5.97 Å². The van der Waals surface area contributed by atoms with E-state index in [-0.39, 0.29) is 6.54 Å². The van der Waals surface area contributed by atoms with Crippen LogP contribution in [0.25, 0.3) is 0 Å². The van der Waals surface area contributed by atoms with E-state index in [1.165, 1.54) is 0 Å². The Labute approximate surface area is 150 Å². The zero-order valence-electron chi connectivity index (χ0n) is 15.2. The van der Waals surface area contributed by atoms with Gasteiger partial charge < -0.3 is 15.3 Å². The van der Waals surface area contributed by atoms with Crippen molar-refractivity contribution in [1.29, 1.82) is 0 Å². The van der Waals surface area contributed by atoms with Crippen molar-refractivity contribution in [2.45, 2.75) is 38.1 Å². The molecule has 3 saturated heterocycles. The second kappa shape index (κ2) is 8.96. The molecule has 0 spiro atoms. The van der Waals surface area contributed by atoms with Gasteiger partial charge in [0.1, 0.15) is 0 Å². The number of piperazine rings is 1. The van der Waals surface area contributed by atoms with Crippen LogP contribution >= 0.6 is 0 Å². The molecule has 0 aromatic rings. The van der Waals surface area contributed by atoms with Crippen LogP contribution in [0.2, 0.25) is 0 Å². The summed E-state index contributed by atoms with van der Waals surface area (Å²) in [4.78, 5) is 29.9. The highest BCUT2D eigenvalue weighted by molar-refractivity contribution is 5.76. The minimum Gasteiger partial charge on any atom is -0.480 e. The quantitative estimate of drug-likeness (QED) is 0.729. The molecule has 3 fully saturated rings. The minimum atomic E-state index is -0.737. The number of likely N-dealkylation sites (tertiary alicyclic amines) is 1. The molecule has 3 aliphatic rings. The molecule has 3 aliphatic heterocycles. The summed E-state index contributed by atoms with van der Waals surface area (Å²) >= 11 is 0. The Balaban J connectivity index is 1.37. The molecule has 0 aliphatic carbocycles. The number of carbonyl (C=O) groups is 2. The molecule has 0 atom stereocenters. The maximum Gasteiger partial charge on any atom is 0.317 e. The number of rotatable bonds is 5. The highest BCUT2D eigenvalue weighted by Gasteiger charge is 2.30. The first kappa shape index (κ1) is 18.6. The van der Waals surface area contributed by atoms with E-state index in [1.54, 1.807) is 0 Å². The van der Waals surface area contributed by atoms with Gasteiger partial charge in [0.15, 0.2) is 0 Å². The van der Waals surface area contributed by atoms with Gasteiger partial charge in [0.05, 0.1) is 6.54 Å². The average Bonchev–Trinajstić information content (AvgIpc) is 2.63. The number of nitrogens with one attached hydrogen (secondary N) is 1. The SMILES string of the molecule is O=C(O)CN1CCC(N2CCN(C(=O)CC3CCNCC3)CC2)CC1. The van der Waals surface area contributed by atoms with Crippen LogP contribution < -0.4 is 5.32 Å². The third-order valence-electron chi connectivity index (χ3n) is 6.02. The lowest BCUT2D eigenvalue weighted by atomic mass is 9.94. The van der Waals surface area contributed by atoms with Crippen molar-refractivity contribution in [2.24, 2.45) is 5.92 Å². The molecule has 142 valence electrons. The second-order valence-corrected chi connectivity index (χ2v) is 7.72. The molecule has 0 saturated carbocycles. The minimum absolute atomic E-state index is 0.158. The number of aliphatic carboxylic acids is 1. The second-order valence-electron chi connectivity index (χ2n) is 7.72. The summed E-state index contributed by atoms with van der Waals surface area (Å²) in [5.74, 6) is 0.160. The van der Waals surface area contributed by atoms with E-state index >= 15 is 0 Å². The van der Waals surface area contributed by atoms with Crippen molar-refractivity contribution in [2.75, 3.05) is 58.9 Å². The lowest BCUT2D eigenvalue weighted by molar-refractivity contribution is -0.138. The molecular formula is C18H32N4O3. The summed E-state index contributed by atoms with van der Waals surface area (Å²) in [5, 5.41) is 12.2. The maximum absolute atomic E-state index is 12.5. The predicted molar refractivity (Wildman–Crippen MR) is 95.5 cm³/mol. The Hall–Kier alpha value is -1.18. The molecular weight excluding hydrogens is 320 g/mol. The third kappa shape index (κ3) is 5.39. The molecule has 7 nitrogen and oxygen atoms in total. The maximum atomic E-state index is 12.5. The Kier molecular flexibility index (Phi) is 6.67. The lowest BCUT2D eigenvalue weighted by Crippen LogP contribution is -2.54. The molecule has 3 heterocycles. The van der Waals surface area contributed by atoms with Gasteiger partial charge in [-0.05, 0) is 44.7 Å². The van der Waals surface area contributed by atoms with Crippen LogP contribution in [0, 0.1) is 5.92 Å². The van der Waals surface area contributed by atoms with Gasteiger partial charge in [-0.25, -0.2) is 0 Å². The first-order chi connectivity index (χ1) is 12.1. The number of carbonyl (C=O) groups excluding carboxylic acids is 1. The van der Waals surface area contributed by atoms with Crippen LogP contribution in [0.5, 0.6) is 0 Å². The first-order valence-corrected chi connectivity index (χ1v) is 9.78. The molecule has 0 bridgehead atoms. The Bertz CT molecular complexity index is 451. The van der Waals surface area contributed by atoms with Gasteiger partial charge in [0.2, 0.25) is 5.91 Å². The number of piperidine rings is 2. The van der Waals surface area contributed by atoms with Crippen molar-refractivity contribution in [3.05, 3.63) is 0 Å². The largest absolute Gasteiger partial charge is 0.480 e. The van der Waals surface area contributed by atoms with E-state index in [2.05, 4.69) is 15.1 Å². The van der Waals surface area contributed by atoms with E-state index in [4.69, 9.17) is 5.11 Å². The highest BCUT2D eigenvalue weighted by atomic mass is 16.4. The van der Waals surface area contributed by atoms with Gasteiger partial charge in [-0.3, -0.25) is 19.4 Å². The van der Waals surface area contributed by atoms with Crippen molar-refractivity contribution < 1.29 is 14.7 Å². The normalized spacial score (nSPS) is 25.2. The highest BCUT2D eigenvalue weighted by Crippen LogP contribution is 2.21. The fourth-order valence-corrected chi connectivity index (χ4v) is 4.43. The van der Waals surface area contributed by atoms with Crippen LogP contribution in [0.3, 0.4) is 0 Å². The van der Waals surface area contributed by atoms with Crippen LogP contribution in [0.4, 0.5) is 0 Å². The van der Waals surface area contributed by atoms with Gasteiger partial charge >= 0.3 is 5.97 Å². The van der Waals surface area contributed by atoms with E-state index in [0.29, 0.717) is 17.9 Å². The fourth-order valence-electron chi connectivity index (χ4n) is 4.43. The van der Waals surface area contributed by atoms with Crippen molar-refractivity contribution in [3.63, 3.8) is 0 Å². The van der Waals surface area contributed by atoms with Crippen LogP contribution in [0.1, 0.15) is 32.1 Å². The van der Waals surface area contributed by atoms with Gasteiger partial charge in [-0.15, -0.1) is 0 Å². The van der Waals surface area contributed by atoms with E-state index in [0.717, 1.165) is 84.5 Å². The fraction of sp³-hybridized carbons (Fsp3) is 0.889. The summed E-state index contributed by atoms with van der Waals surface area (Å²) in [6.07, 6.45) is 5.04. The number of nitrogens with zero attached hydrogens (tertiary/aromatic N) is 3. The molecule has 2 N–H and O–H groups in total. The molecule has 0 unspecified atom stereocenters. The summed E-state index contributed by atoms with van der Waals surface area (Å²) in [7, 11) is 0. The number of hydrogen-bond donors (Lipinski definition) is 2. The van der Waals surface area contributed by atoms with Gasteiger partial charge in [-0.2, -0.15) is 0 Å². The Morgan fingerprint density at radius 3 is 2.16 bits per heavy atom. The summed E-state index contributed by atoms with van der Waals surface area (Å²) in [6.45, 7) is 7.60. The molecule has 0 aromatic heterocycles.